The van der Waals surface area contributed by atoms with E-state index in [0.717, 1.165) is 0 Å². The van der Waals surface area contributed by atoms with Crippen molar-refractivity contribution in [2.24, 2.45) is 0 Å². The Hall–Kier alpha value is -1.73. The molecule has 12 heteroatoms. The molecule has 0 radical (unpaired) electrons. The molecule has 2 fully saturated rings. The van der Waals surface area contributed by atoms with E-state index in [2.05, 4.69) is 0 Å². The van der Waals surface area contributed by atoms with Crippen molar-refractivity contribution < 1.29 is 54.7 Å². The van der Waals surface area contributed by atoms with Crippen LogP contribution in [0.2, 0.25) is 0 Å². The summed E-state index contributed by atoms with van der Waals surface area (Å²) < 4.78 is 21.6. The third-order valence-corrected chi connectivity index (χ3v) is 5.43. The SMILES string of the molecule is N#CC(O[C@H]1OC(CO[C@@H]2O[C@H](CO)[C@@H](O)[C@H](O)[C@H]2O)[C@H](O)[C@@H](O)[C@@H]1O)c1ccccc1. The molecule has 0 amide bonds. The van der Waals surface area contributed by atoms with E-state index >= 15 is 0 Å². The van der Waals surface area contributed by atoms with Gasteiger partial charge in [-0.15, -0.1) is 0 Å². The fraction of sp³-hybridized carbons (Fsp3) is 0.650. The van der Waals surface area contributed by atoms with Crippen molar-refractivity contribution in [3.63, 3.8) is 0 Å². The molecule has 12 nitrogen and oxygen atoms in total. The van der Waals surface area contributed by atoms with Crippen LogP contribution in [0.5, 0.6) is 0 Å². The monoisotopic (exact) mass is 457 g/mol. The van der Waals surface area contributed by atoms with Crippen molar-refractivity contribution in [1.82, 2.24) is 0 Å². The Balaban J connectivity index is 1.65. The Morgan fingerprint density at radius 3 is 1.97 bits per heavy atom. The lowest BCUT2D eigenvalue weighted by molar-refractivity contribution is -0.334. The van der Waals surface area contributed by atoms with Crippen molar-refractivity contribution in [2.75, 3.05) is 13.2 Å². The van der Waals surface area contributed by atoms with Crippen LogP contribution in [0.25, 0.3) is 0 Å². The van der Waals surface area contributed by atoms with Gasteiger partial charge < -0.3 is 54.7 Å². The van der Waals surface area contributed by atoms with Crippen LogP contribution in [-0.2, 0) is 18.9 Å². The molecular weight excluding hydrogens is 430 g/mol. The summed E-state index contributed by atoms with van der Waals surface area (Å²) in [6.45, 7) is -1.14. The number of hydrogen-bond acceptors (Lipinski definition) is 12. The minimum Gasteiger partial charge on any atom is -0.394 e. The number of aliphatic hydroxyl groups is 7. The molecule has 2 aliphatic heterocycles. The van der Waals surface area contributed by atoms with E-state index in [4.69, 9.17) is 18.9 Å². The van der Waals surface area contributed by atoms with Crippen LogP contribution in [0.15, 0.2) is 30.3 Å². The maximum atomic E-state index is 10.3. The van der Waals surface area contributed by atoms with Crippen LogP contribution in [0.1, 0.15) is 11.7 Å². The van der Waals surface area contributed by atoms with Gasteiger partial charge in [-0.2, -0.15) is 5.26 Å². The second kappa shape index (κ2) is 10.9. The maximum Gasteiger partial charge on any atom is 0.188 e. The molecule has 2 saturated heterocycles. The van der Waals surface area contributed by atoms with Crippen molar-refractivity contribution >= 4 is 0 Å². The second-order valence-electron chi connectivity index (χ2n) is 7.60. The second-order valence-corrected chi connectivity index (χ2v) is 7.60. The first-order chi connectivity index (χ1) is 15.3. The molecular formula is C20H27NO11. The highest BCUT2D eigenvalue weighted by molar-refractivity contribution is 5.22. The summed E-state index contributed by atoms with van der Waals surface area (Å²) in [5.74, 6) is 0. The summed E-state index contributed by atoms with van der Waals surface area (Å²) in [5.41, 5.74) is 0.487. The quantitative estimate of drug-likeness (QED) is 0.218. The normalized spacial score (nSPS) is 41.1. The lowest BCUT2D eigenvalue weighted by Crippen LogP contribution is -2.61. The summed E-state index contributed by atoms with van der Waals surface area (Å²) in [7, 11) is 0. The van der Waals surface area contributed by atoms with Crippen molar-refractivity contribution in [3.8, 4) is 6.07 Å². The zero-order valence-corrected chi connectivity index (χ0v) is 16.9. The largest absolute Gasteiger partial charge is 0.394 e. The number of aliphatic hydroxyl groups excluding tert-OH is 7. The van der Waals surface area contributed by atoms with Crippen molar-refractivity contribution in [3.05, 3.63) is 35.9 Å². The number of benzene rings is 1. The fourth-order valence-electron chi connectivity index (χ4n) is 3.51. The molecule has 0 bridgehead atoms. The molecule has 11 atom stereocenters. The Morgan fingerprint density at radius 2 is 1.38 bits per heavy atom. The van der Waals surface area contributed by atoms with Gasteiger partial charge >= 0.3 is 0 Å². The van der Waals surface area contributed by atoms with Gasteiger partial charge in [0.2, 0.25) is 0 Å². The highest BCUT2D eigenvalue weighted by Gasteiger charge is 2.48. The fourth-order valence-corrected chi connectivity index (χ4v) is 3.51. The van der Waals surface area contributed by atoms with Gasteiger partial charge in [0, 0.05) is 0 Å². The van der Waals surface area contributed by atoms with E-state index in [0.29, 0.717) is 5.56 Å². The van der Waals surface area contributed by atoms with Crippen molar-refractivity contribution in [1.29, 1.82) is 5.26 Å². The number of ether oxygens (including phenoxy) is 4. The molecule has 0 saturated carbocycles. The van der Waals surface area contributed by atoms with Gasteiger partial charge in [0.25, 0.3) is 0 Å². The van der Waals surface area contributed by atoms with Crippen LogP contribution in [0.3, 0.4) is 0 Å². The number of rotatable bonds is 7. The molecule has 7 N–H and O–H groups in total. The van der Waals surface area contributed by atoms with E-state index in [1.165, 1.54) is 0 Å². The molecule has 1 aromatic rings. The standard InChI is InChI=1S/C20H27NO11/c21-6-10(9-4-2-1-3-5-9)30-20-18(28)16(26)14(24)12(32-20)8-29-19-17(27)15(25)13(23)11(7-22)31-19/h1-5,10-20,22-28H,7-8H2/t10?,11-,12?,13-,14+,15+,16-,17-,18+,19-,20+/m1/s1. The first kappa shape index (κ1) is 24.9. The van der Waals surface area contributed by atoms with Gasteiger partial charge in [-0.3, -0.25) is 0 Å². The molecule has 178 valence electrons. The highest BCUT2D eigenvalue weighted by Crippen LogP contribution is 2.28. The minimum atomic E-state index is -1.70. The van der Waals surface area contributed by atoms with Gasteiger partial charge in [0.05, 0.1) is 19.3 Å². The summed E-state index contributed by atoms with van der Waals surface area (Å²) in [4.78, 5) is 0. The molecule has 1 aromatic carbocycles. The number of nitrogens with zero attached hydrogens (tertiary/aromatic N) is 1. The molecule has 0 aromatic heterocycles. The van der Waals surface area contributed by atoms with Crippen LogP contribution in [-0.4, -0.2) is 110 Å². The molecule has 2 heterocycles. The van der Waals surface area contributed by atoms with E-state index in [1.807, 2.05) is 6.07 Å². The van der Waals surface area contributed by atoms with Gasteiger partial charge in [-0.05, 0) is 5.56 Å². The van der Waals surface area contributed by atoms with Crippen LogP contribution >= 0.6 is 0 Å². The van der Waals surface area contributed by atoms with Crippen LogP contribution in [0.4, 0.5) is 0 Å². The first-order valence-corrected chi connectivity index (χ1v) is 10.00. The Kier molecular flexibility index (Phi) is 8.50. The minimum absolute atomic E-state index is 0.487. The highest BCUT2D eigenvalue weighted by atomic mass is 16.7. The van der Waals surface area contributed by atoms with Crippen LogP contribution < -0.4 is 0 Å². The lowest BCUT2D eigenvalue weighted by atomic mass is 9.98. The topological polar surface area (TPSA) is 202 Å². The summed E-state index contributed by atoms with van der Waals surface area (Å²) >= 11 is 0. The van der Waals surface area contributed by atoms with E-state index in [1.54, 1.807) is 30.3 Å². The maximum absolute atomic E-state index is 10.3. The van der Waals surface area contributed by atoms with E-state index in [-0.39, 0.29) is 0 Å². The third-order valence-electron chi connectivity index (χ3n) is 5.43. The van der Waals surface area contributed by atoms with E-state index in [9.17, 15) is 41.0 Å². The average Bonchev–Trinajstić information content (AvgIpc) is 2.81. The number of nitriles is 1. The predicted octanol–water partition coefficient (Wildman–Crippen LogP) is -3.11. The molecule has 3 rings (SSSR count). The molecule has 32 heavy (non-hydrogen) atoms. The third kappa shape index (κ3) is 5.25. The van der Waals surface area contributed by atoms with Gasteiger partial charge in [0.15, 0.2) is 18.7 Å². The smallest absolute Gasteiger partial charge is 0.188 e. The van der Waals surface area contributed by atoms with Gasteiger partial charge in [-0.1, -0.05) is 30.3 Å². The zero-order chi connectivity index (χ0) is 23.4. The van der Waals surface area contributed by atoms with Gasteiger partial charge in [-0.25, -0.2) is 0 Å². The zero-order valence-electron chi connectivity index (χ0n) is 16.9. The summed E-state index contributed by atoms with van der Waals surface area (Å²) in [6.07, 6.45) is -16.5. The Labute approximate surface area is 183 Å². The van der Waals surface area contributed by atoms with Crippen molar-refractivity contribution in [2.45, 2.75) is 67.5 Å². The Morgan fingerprint density at radius 1 is 0.812 bits per heavy atom. The lowest BCUT2D eigenvalue weighted by Gasteiger charge is -2.43. The summed E-state index contributed by atoms with van der Waals surface area (Å²) in [6, 6.07) is 10.3. The Bertz CT molecular complexity index is 760. The number of hydrogen-bond donors (Lipinski definition) is 7. The predicted molar refractivity (Wildman–Crippen MR) is 102 cm³/mol. The van der Waals surface area contributed by atoms with Gasteiger partial charge in [0.1, 0.15) is 48.8 Å². The summed E-state index contributed by atoms with van der Waals surface area (Å²) in [5, 5.41) is 79.1. The molecule has 0 aliphatic carbocycles. The molecule has 2 aliphatic rings. The van der Waals surface area contributed by atoms with Crippen LogP contribution in [0, 0.1) is 11.3 Å². The average molecular weight is 457 g/mol. The molecule has 0 spiro atoms. The first-order valence-electron chi connectivity index (χ1n) is 10.00. The molecule has 2 unspecified atom stereocenters. The van der Waals surface area contributed by atoms with E-state index < -0.39 is 80.7 Å².